The van der Waals surface area contributed by atoms with Crippen molar-refractivity contribution in [2.75, 3.05) is 13.2 Å². The summed E-state index contributed by atoms with van der Waals surface area (Å²) in [7, 11) is -4.77. The van der Waals surface area contributed by atoms with Crippen molar-refractivity contribution in [1.82, 2.24) is 0 Å². The lowest BCUT2D eigenvalue weighted by Crippen LogP contribution is -2.23. The van der Waals surface area contributed by atoms with Crippen LogP contribution in [0.5, 0.6) is 0 Å². The van der Waals surface area contributed by atoms with Crippen molar-refractivity contribution in [2.45, 2.75) is 6.10 Å². The molecule has 1 rings (SSSR count). The summed E-state index contributed by atoms with van der Waals surface area (Å²) in [6.45, 7) is -0.729. The first-order valence-electron chi connectivity index (χ1n) is 5.17. The van der Waals surface area contributed by atoms with Crippen molar-refractivity contribution in [3.8, 4) is 0 Å². The van der Waals surface area contributed by atoms with E-state index in [2.05, 4.69) is 0 Å². The molecule has 0 saturated carbocycles. The molecule has 0 aromatic carbocycles. The van der Waals surface area contributed by atoms with Crippen LogP contribution in [0.15, 0.2) is 0 Å². The maximum atomic E-state index is 8.17. The Bertz CT molecular complexity index is 118. The topological polar surface area (TPSA) is 116 Å². The summed E-state index contributed by atoms with van der Waals surface area (Å²) < 4.78 is 31.4. The molecule has 1 aliphatic heterocycles. The summed E-state index contributed by atoms with van der Waals surface area (Å²) in [5.41, 5.74) is 0. The molecule has 1 fully saturated rings. The zero-order chi connectivity index (χ0) is 13.5. The first-order chi connectivity index (χ1) is 8.81. The van der Waals surface area contributed by atoms with Gasteiger partial charge in [0.15, 0.2) is 0 Å². The van der Waals surface area contributed by atoms with Crippen LogP contribution in [0, 0.1) is 0 Å². The summed E-state index contributed by atoms with van der Waals surface area (Å²) in [5, 5.41) is 24.0. The van der Waals surface area contributed by atoms with Crippen LogP contribution in [0.4, 0.5) is 0 Å². The maximum Gasteiger partial charge on any atom is 0.286 e. The lowest BCUT2D eigenvalue weighted by molar-refractivity contribution is 0.0450. The fraction of sp³-hybridized carbons (Fsp3) is 1.00. The number of aliphatic hydroxyl groups excluding tert-OH is 3. The molecule has 0 aromatic heterocycles. The van der Waals surface area contributed by atoms with Gasteiger partial charge in [0.05, 0.1) is 13.2 Å². The van der Waals surface area contributed by atoms with E-state index in [4.69, 9.17) is 40.0 Å². The van der Waals surface area contributed by atoms with E-state index in [1.54, 1.807) is 0 Å². The van der Waals surface area contributed by atoms with Crippen LogP contribution in [0.3, 0.4) is 0 Å². The SMILES string of the molecule is O1[SiH2]O[SiH2]O[SiH2]O[SiH2]O[SiH2]O[SiH2]1.OCC(O)CO. The predicted molar refractivity (Wildman–Crippen MR) is 78.0 cm³/mol. The molecule has 0 spiro atoms. The van der Waals surface area contributed by atoms with Crippen LogP contribution in [-0.2, 0) is 24.7 Å². The van der Waals surface area contributed by atoms with Gasteiger partial charge in [-0.25, -0.2) is 0 Å². The van der Waals surface area contributed by atoms with Gasteiger partial charge in [-0.1, -0.05) is 0 Å². The Kier molecular flexibility index (Phi) is 16.8. The van der Waals surface area contributed by atoms with Gasteiger partial charge in [-0.3, -0.25) is 0 Å². The molecule has 1 aliphatic rings. The molecule has 18 heavy (non-hydrogen) atoms. The molecule has 0 radical (unpaired) electrons. The predicted octanol–water partition coefficient (Wildman–Crippen LogP) is -7.58. The largest absolute Gasteiger partial charge is 0.425 e. The summed E-state index contributed by atoms with van der Waals surface area (Å²) in [6.07, 6.45) is -0.954. The van der Waals surface area contributed by atoms with E-state index in [-0.39, 0.29) is 13.2 Å². The van der Waals surface area contributed by atoms with Crippen LogP contribution in [-0.4, -0.2) is 94.7 Å². The van der Waals surface area contributed by atoms with Gasteiger partial charge in [0, 0.05) is 0 Å². The molecule has 15 heteroatoms. The first kappa shape index (κ1) is 18.9. The second kappa shape index (κ2) is 16.0. The minimum absolute atomic E-state index is 0.365. The van der Waals surface area contributed by atoms with E-state index in [1.807, 2.05) is 0 Å². The van der Waals surface area contributed by atoms with Gasteiger partial charge in [-0.05, 0) is 0 Å². The third kappa shape index (κ3) is 15.0. The first-order valence-corrected chi connectivity index (χ1v) is 12.1. The molecule has 0 aliphatic carbocycles. The number of hydrogen-bond donors (Lipinski definition) is 3. The normalized spacial score (nSPS) is 27.3. The minimum atomic E-state index is -0.954. The minimum Gasteiger partial charge on any atom is -0.425 e. The van der Waals surface area contributed by atoms with Crippen LogP contribution in [0.2, 0.25) is 0 Å². The molecule has 1 saturated heterocycles. The molecule has 1 heterocycles. The molecule has 0 aromatic rings. The molecule has 9 nitrogen and oxygen atoms in total. The van der Waals surface area contributed by atoms with E-state index in [1.165, 1.54) is 0 Å². The van der Waals surface area contributed by atoms with E-state index < -0.39 is 66.1 Å². The lowest BCUT2D eigenvalue weighted by atomic mass is 10.4. The lowest BCUT2D eigenvalue weighted by Gasteiger charge is -2.10. The Morgan fingerprint density at radius 3 is 0.944 bits per heavy atom. The van der Waals surface area contributed by atoms with Crippen molar-refractivity contribution in [3.05, 3.63) is 0 Å². The average molecular weight is 369 g/mol. The van der Waals surface area contributed by atoms with Gasteiger partial charge in [-0.15, -0.1) is 0 Å². The second-order valence-electron chi connectivity index (χ2n) is 2.95. The molecule has 0 unspecified atom stereocenters. The second-order valence-corrected chi connectivity index (χ2v) is 14.2. The van der Waals surface area contributed by atoms with E-state index in [0.717, 1.165) is 0 Å². The summed E-state index contributed by atoms with van der Waals surface area (Å²) >= 11 is 0. The van der Waals surface area contributed by atoms with Crippen molar-refractivity contribution >= 4 is 60.0 Å². The van der Waals surface area contributed by atoms with Crippen LogP contribution < -0.4 is 0 Å². The zero-order valence-electron chi connectivity index (χ0n) is 10.0. The Balaban J connectivity index is 0.000000411. The average Bonchev–Trinajstić information content (AvgIpc) is 2.39. The third-order valence-electron chi connectivity index (χ3n) is 1.42. The third-order valence-corrected chi connectivity index (χ3v) is 9.42. The van der Waals surface area contributed by atoms with Gasteiger partial charge >= 0.3 is 0 Å². The molecule has 0 amide bonds. The number of aliphatic hydroxyl groups is 3. The fourth-order valence-electron chi connectivity index (χ4n) is 0.615. The van der Waals surface area contributed by atoms with Gasteiger partial charge in [-0.2, -0.15) is 0 Å². The Morgan fingerprint density at radius 1 is 0.611 bits per heavy atom. The molecule has 0 bridgehead atoms. The Labute approximate surface area is 119 Å². The molecular weight excluding hydrogens is 349 g/mol. The monoisotopic (exact) mass is 368 g/mol. The Hall–Kier alpha value is 0.941. The summed E-state index contributed by atoms with van der Waals surface area (Å²) in [5.74, 6) is 0. The van der Waals surface area contributed by atoms with Crippen LogP contribution in [0.1, 0.15) is 0 Å². The van der Waals surface area contributed by atoms with Gasteiger partial charge in [0.25, 0.3) is 60.0 Å². The van der Waals surface area contributed by atoms with E-state index >= 15 is 0 Å². The Morgan fingerprint density at radius 2 is 0.833 bits per heavy atom. The number of rotatable bonds is 2. The maximum absolute atomic E-state index is 8.17. The summed E-state index contributed by atoms with van der Waals surface area (Å²) in [4.78, 5) is 0. The van der Waals surface area contributed by atoms with E-state index in [9.17, 15) is 0 Å². The molecular formula is C3H20O9Si6. The van der Waals surface area contributed by atoms with Crippen molar-refractivity contribution in [1.29, 1.82) is 0 Å². The highest BCUT2D eigenvalue weighted by Gasteiger charge is 1.97. The van der Waals surface area contributed by atoms with Crippen LogP contribution in [0.25, 0.3) is 0 Å². The standard InChI is InChI=1S/C3H8O3.H12O6Si6/c4-1-3(6)2-5;1-7-2-9-4-11-6-12-5-10-3-8-1/h3-6H,1-2H2;7-12H2. The fourth-order valence-corrected chi connectivity index (χ4v) is 11.4. The van der Waals surface area contributed by atoms with Crippen molar-refractivity contribution in [3.63, 3.8) is 0 Å². The van der Waals surface area contributed by atoms with Gasteiger partial charge < -0.3 is 40.0 Å². The smallest absolute Gasteiger partial charge is 0.286 e. The highest BCUT2D eigenvalue weighted by atomic mass is 28.4. The summed E-state index contributed by atoms with van der Waals surface area (Å²) in [6, 6.07) is 0. The quantitative estimate of drug-likeness (QED) is 0.409. The molecule has 0 atom stereocenters. The van der Waals surface area contributed by atoms with Crippen LogP contribution >= 0.6 is 0 Å². The highest BCUT2D eigenvalue weighted by molar-refractivity contribution is 6.50. The van der Waals surface area contributed by atoms with Crippen molar-refractivity contribution < 1.29 is 40.0 Å². The molecule has 3 N–H and O–H groups in total. The van der Waals surface area contributed by atoms with Gasteiger partial charge in [0.1, 0.15) is 6.10 Å². The number of hydrogen-bond acceptors (Lipinski definition) is 9. The van der Waals surface area contributed by atoms with Gasteiger partial charge in [0.2, 0.25) is 0 Å². The zero-order valence-corrected chi connectivity index (χ0v) is 18.5. The molecule has 110 valence electrons. The highest BCUT2D eigenvalue weighted by Crippen LogP contribution is 1.79. The van der Waals surface area contributed by atoms with E-state index in [0.29, 0.717) is 0 Å². The van der Waals surface area contributed by atoms with Crippen molar-refractivity contribution in [2.24, 2.45) is 0 Å².